The number of aliphatic hydroxyl groups is 1. The maximum Gasteiger partial charge on any atom is 0.410 e. The molecule has 0 unspecified atom stereocenters. The second-order valence-corrected chi connectivity index (χ2v) is 14.5. The van der Waals surface area contributed by atoms with Gasteiger partial charge in [-0.3, -0.25) is 9.59 Å². The van der Waals surface area contributed by atoms with Crippen LogP contribution in [0.4, 0.5) is 4.79 Å². The lowest BCUT2D eigenvalue weighted by Gasteiger charge is -2.33. The fraction of sp³-hybridized carbons (Fsp3) is 0.594. The minimum atomic E-state index is -3.38. The van der Waals surface area contributed by atoms with Crippen LogP contribution in [0.15, 0.2) is 46.9 Å². The average molecular weight is 601 g/mol. The van der Waals surface area contributed by atoms with E-state index in [9.17, 15) is 27.9 Å². The molecule has 2 fully saturated rings. The van der Waals surface area contributed by atoms with Crippen molar-refractivity contribution in [2.24, 2.45) is 17.8 Å². The number of amides is 1. The number of hydrogen-bond donors (Lipinski definition) is 1. The van der Waals surface area contributed by atoms with Crippen LogP contribution in [0.25, 0.3) is 6.08 Å². The normalized spacial score (nSPS) is 29.9. The first-order valence-corrected chi connectivity index (χ1v) is 16.5. The van der Waals surface area contributed by atoms with E-state index in [1.54, 1.807) is 48.2 Å². The van der Waals surface area contributed by atoms with Crippen molar-refractivity contribution >= 4 is 33.6 Å². The highest BCUT2D eigenvalue weighted by atomic mass is 32.2. The summed E-state index contributed by atoms with van der Waals surface area (Å²) in [6, 6.07) is 6.65. The standard InChI is InChI=1S/C32H44N2O7S/c1-21-8-10-25(35)20-28(36)31(37)30(22(2)9-13-29(21)41-32(38)34-16-14-33(4)15-17-34)23(3)18-24-6-5-7-27(19-24)42(39,40)26-11-12-26/h5-7,9,13,18-19,21-22,25-26,29-30,35H,8,10-12,14-17,20H2,1-4H3/b13-9+,23-18+/t21-,22-,25+,29-,30-/m0/s1. The van der Waals surface area contributed by atoms with Crippen molar-refractivity contribution < 1.29 is 32.6 Å². The summed E-state index contributed by atoms with van der Waals surface area (Å²) in [7, 11) is -1.37. The number of ketones is 2. The number of aliphatic hydroxyl groups excluding tert-OH is 1. The van der Waals surface area contributed by atoms with Gasteiger partial charge in [0.05, 0.1) is 22.2 Å². The highest BCUT2D eigenvalue weighted by Gasteiger charge is 2.37. The molecule has 42 heavy (non-hydrogen) atoms. The first-order chi connectivity index (χ1) is 19.9. The number of piperazine rings is 1. The number of benzene rings is 1. The maximum absolute atomic E-state index is 13.5. The quantitative estimate of drug-likeness (QED) is 0.399. The Labute approximate surface area is 249 Å². The molecule has 0 radical (unpaired) electrons. The molecule has 2 aliphatic carbocycles. The molecule has 1 saturated carbocycles. The molecule has 1 aromatic carbocycles. The van der Waals surface area contributed by atoms with Crippen LogP contribution in [0.5, 0.6) is 0 Å². The molecule has 4 rings (SSSR count). The van der Waals surface area contributed by atoms with Crippen LogP contribution in [0.2, 0.25) is 0 Å². The number of carbonyl (C=O) groups excluding carboxylic acids is 3. The van der Waals surface area contributed by atoms with Crippen molar-refractivity contribution in [3.63, 3.8) is 0 Å². The molecule has 1 aliphatic heterocycles. The van der Waals surface area contributed by atoms with Gasteiger partial charge in [-0.05, 0) is 75.3 Å². The molecule has 1 aromatic rings. The van der Waals surface area contributed by atoms with Crippen LogP contribution in [0.1, 0.15) is 58.4 Å². The van der Waals surface area contributed by atoms with Crippen LogP contribution < -0.4 is 0 Å². The Morgan fingerprint density at radius 3 is 2.38 bits per heavy atom. The number of carbonyl (C=O) groups is 3. The summed E-state index contributed by atoms with van der Waals surface area (Å²) < 4.78 is 31.5. The van der Waals surface area contributed by atoms with Gasteiger partial charge < -0.3 is 19.6 Å². The molecule has 0 bridgehead atoms. The third-order valence-corrected chi connectivity index (χ3v) is 10.9. The Kier molecular flexibility index (Phi) is 10.4. The number of allylic oxidation sites excluding steroid dienone is 2. The lowest BCUT2D eigenvalue weighted by molar-refractivity contribution is -0.140. The molecule has 1 saturated heterocycles. The van der Waals surface area contributed by atoms with Crippen molar-refractivity contribution in [1.82, 2.24) is 9.80 Å². The SMILES string of the molecule is C/C(=C\c1cccc(S(=O)(=O)C2CC2)c1)[C@H]1C(=O)C(=O)C[C@H](O)CC[C@H](C)[C@@H](OC(=O)N2CCN(C)CC2)/C=C/[C@@H]1C. The van der Waals surface area contributed by atoms with Gasteiger partial charge >= 0.3 is 6.09 Å². The van der Waals surface area contributed by atoms with E-state index in [2.05, 4.69) is 4.90 Å². The van der Waals surface area contributed by atoms with Crippen LogP contribution in [-0.2, 0) is 24.2 Å². The average Bonchev–Trinajstić information content (AvgIpc) is 3.80. The Bertz CT molecular complexity index is 1330. The molecule has 1 heterocycles. The number of nitrogens with zero attached hydrogens (tertiary/aromatic N) is 2. The van der Waals surface area contributed by atoms with Gasteiger partial charge in [-0.15, -0.1) is 0 Å². The maximum atomic E-state index is 13.5. The lowest BCUT2D eigenvalue weighted by Crippen LogP contribution is -2.48. The van der Waals surface area contributed by atoms with Crippen molar-refractivity contribution in [3.05, 3.63) is 47.6 Å². The van der Waals surface area contributed by atoms with E-state index >= 15 is 0 Å². The number of likely N-dealkylation sites (N-methyl/N-ethyl adjacent to an activating group) is 1. The summed E-state index contributed by atoms with van der Waals surface area (Å²) in [6.45, 7) is 8.26. The second kappa shape index (κ2) is 13.7. The van der Waals surface area contributed by atoms with Gasteiger partial charge in [-0.2, -0.15) is 0 Å². The molecule has 3 aliphatic rings. The third-order valence-electron chi connectivity index (χ3n) is 8.66. The summed E-state index contributed by atoms with van der Waals surface area (Å²) in [6.07, 6.45) is 5.34. The first kappa shape index (κ1) is 32.1. The summed E-state index contributed by atoms with van der Waals surface area (Å²) in [4.78, 5) is 43.6. The van der Waals surface area contributed by atoms with Gasteiger partial charge in [0.2, 0.25) is 11.6 Å². The van der Waals surface area contributed by atoms with Crippen molar-refractivity contribution in [3.8, 4) is 0 Å². The zero-order valence-electron chi connectivity index (χ0n) is 25.1. The Morgan fingerprint density at radius 2 is 1.71 bits per heavy atom. The van der Waals surface area contributed by atoms with Gasteiger partial charge in [-0.25, -0.2) is 13.2 Å². The summed E-state index contributed by atoms with van der Waals surface area (Å²) in [5.74, 6) is -2.59. The van der Waals surface area contributed by atoms with E-state index < -0.39 is 45.4 Å². The van der Waals surface area contributed by atoms with Gasteiger partial charge in [0.1, 0.15) is 6.10 Å². The molecule has 1 N–H and O–H groups in total. The van der Waals surface area contributed by atoms with Crippen LogP contribution in [0.3, 0.4) is 0 Å². The van der Waals surface area contributed by atoms with Gasteiger partial charge in [0, 0.05) is 32.6 Å². The topological polar surface area (TPSA) is 121 Å². The monoisotopic (exact) mass is 600 g/mol. The minimum absolute atomic E-state index is 0.115. The van der Waals surface area contributed by atoms with Crippen LogP contribution >= 0.6 is 0 Å². The minimum Gasteiger partial charge on any atom is -0.442 e. The Balaban J connectivity index is 1.61. The predicted molar refractivity (Wildman–Crippen MR) is 160 cm³/mol. The van der Waals surface area contributed by atoms with Crippen molar-refractivity contribution in [2.75, 3.05) is 33.2 Å². The van der Waals surface area contributed by atoms with Gasteiger partial charge in [0.25, 0.3) is 0 Å². The van der Waals surface area contributed by atoms with E-state index in [4.69, 9.17) is 4.74 Å². The summed E-state index contributed by atoms with van der Waals surface area (Å²) >= 11 is 0. The predicted octanol–water partition coefficient (Wildman–Crippen LogP) is 3.91. The largest absolute Gasteiger partial charge is 0.442 e. The lowest BCUT2D eigenvalue weighted by atomic mass is 9.80. The number of sulfone groups is 1. The van der Waals surface area contributed by atoms with E-state index in [0.717, 1.165) is 13.1 Å². The summed E-state index contributed by atoms with van der Waals surface area (Å²) in [5, 5.41) is 10.3. The third kappa shape index (κ3) is 7.96. The molecule has 10 heteroatoms. The van der Waals surface area contributed by atoms with Crippen molar-refractivity contribution in [2.45, 2.75) is 75.2 Å². The highest BCUT2D eigenvalue weighted by Crippen LogP contribution is 2.34. The van der Waals surface area contributed by atoms with Gasteiger partial charge in [-0.1, -0.05) is 43.7 Å². The first-order valence-electron chi connectivity index (χ1n) is 15.0. The second-order valence-electron chi connectivity index (χ2n) is 12.3. The molecule has 9 nitrogen and oxygen atoms in total. The molecule has 0 spiro atoms. The number of hydrogen-bond acceptors (Lipinski definition) is 8. The fourth-order valence-corrected chi connectivity index (χ4v) is 7.41. The smallest absolute Gasteiger partial charge is 0.410 e. The molecule has 1 amide bonds. The van der Waals surface area contributed by atoms with E-state index in [1.807, 2.05) is 27.0 Å². The molecular formula is C32H44N2O7S. The van der Waals surface area contributed by atoms with Gasteiger partial charge in [0.15, 0.2) is 9.84 Å². The van der Waals surface area contributed by atoms with Crippen LogP contribution in [-0.4, -0.2) is 91.7 Å². The van der Waals surface area contributed by atoms with Crippen molar-refractivity contribution in [1.29, 1.82) is 0 Å². The zero-order valence-corrected chi connectivity index (χ0v) is 25.9. The number of Topliss-reactive ketones (excluding diaryl/α,β-unsaturated/α-hetero) is 2. The fourth-order valence-electron chi connectivity index (χ4n) is 5.70. The Hall–Kier alpha value is -2.82. The highest BCUT2D eigenvalue weighted by molar-refractivity contribution is 7.92. The number of rotatable bonds is 5. The molecular weight excluding hydrogens is 556 g/mol. The van der Waals surface area contributed by atoms with Crippen LogP contribution in [0, 0.1) is 17.8 Å². The van der Waals surface area contributed by atoms with E-state index in [0.29, 0.717) is 49.9 Å². The number of ether oxygens (including phenoxy) is 1. The molecule has 0 aromatic heterocycles. The molecule has 230 valence electrons. The Morgan fingerprint density at radius 1 is 1.02 bits per heavy atom. The molecule has 5 atom stereocenters. The summed E-state index contributed by atoms with van der Waals surface area (Å²) in [5.41, 5.74) is 1.24. The van der Waals surface area contributed by atoms with E-state index in [1.165, 1.54) is 0 Å². The van der Waals surface area contributed by atoms with E-state index in [-0.39, 0.29) is 28.6 Å². The zero-order chi connectivity index (χ0) is 30.6.